The molecule has 1 aromatic heterocycles. The van der Waals surface area contributed by atoms with Gasteiger partial charge >= 0.3 is 0 Å². The molecule has 2 heterocycles. The Balaban J connectivity index is 2.05. The highest BCUT2D eigenvalue weighted by molar-refractivity contribution is 5.50. The van der Waals surface area contributed by atoms with Gasteiger partial charge in [-0.05, 0) is 25.5 Å². The van der Waals surface area contributed by atoms with E-state index in [1.807, 2.05) is 0 Å². The van der Waals surface area contributed by atoms with E-state index >= 15 is 0 Å². The molecule has 0 spiro atoms. The number of nitrogens with zero attached hydrogens (tertiary/aromatic N) is 3. The van der Waals surface area contributed by atoms with Crippen LogP contribution in [-0.4, -0.2) is 29.3 Å². The number of hydrogen-bond donors (Lipinski definition) is 2. The van der Waals surface area contributed by atoms with Gasteiger partial charge < -0.3 is 10.6 Å². The van der Waals surface area contributed by atoms with Crippen LogP contribution < -0.4 is 10.6 Å². The van der Waals surface area contributed by atoms with Crippen molar-refractivity contribution < 1.29 is 0 Å². The second-order valence-electron chi connectivity index (χ2n) is 3.95. The predicted octanol–water partition coefficient (Wildman–Crippen LogP) is 0.902. The van der Waals surface area contributed by atoms with Gasteiger partial charge in [0, 0.05) is 12.6 Å². The second kappa shape index (κ2) is 5.42. The number of rotatable bonds is 2. The second-order valence-corrected chi connectivity index (χ2v) is 3.95. The highest BCUT2D eigenvalue weighted by Gasteiger charge is 2.13. The van der Waals surface area contributed by atoms with Gasteiger partial charge in [0.05, 0.1) is 11.8 Å². The number of nitrogens with one attached hydrogen (secondary N) is 2. The van der Waals surface area contributed by atoms with Gasteiger partial charge in [-0.1, -0.05) is 6.42 Å². The van der Waals surface area contributed by atoms with Crippen LogP contribution in [-0.2, 0) is 0 Å². The Morgan fingerprint density at radius 3 is 3.31 bits per heavy atom. The van der Waals surface area contributed by atoms with Crippen molar-refractivity contribution in [1.29, 1.82) is 5.26 Å². The van der Waals surface area contributed by atoms with E-state index in [1.165, 1.54) is 19.0 Å². The van der Waals surface area contributed by atoms with Crippen LogP contribution in [0.2, 0.25) is 0 Å². The fraction of sp³-hybridized carbons (Fsp3) is 0.545. The molecule has 0 amide bonds. The molecule has 5 nitrogen and oxygen atoms in total. The normalized spacial score (nSPS) is 20.8. The number of hydrogen-bond acceptors (Lipinski definition) is 5. The maximum Gasteiger partial charge on any atom is 0.166 e. The molecular formula is C11H15N5. The minimum Gasteiger partial charge on any atom is -0.363 e. The lowest BCUT2D eigenvalue weighted by molar-refractivity contribution is 0.632. The molecule has 0 aliphatic carbocycles. The van der Waals surface area contributed by atoms with Gasteiger partial charge in [0.15, 0.2) is 5.82 Å². The zero-order valence-corrected chi connectivity index (χ0v) is 9.11. The maximum absolute atomic E-state index is 8.93. The average Bonchev–Trinajstić information content (AvgIpc) is 2.58. The zero-order chi connectivity index (χ0) is 11.2. The van der Waals surface area contributed by atoms with E-state index < -0.39 is 0 Å². The fourth-order valence-corrected chi connectivity index (χ4v) is 1.86. The third-order valence-corrected chi connectivity index (χ3v) is 2.73. The first kappa shape index (κ1) is 10.8. The van der Waals surface area contributed by atoms with Crippen molar-refractivity contribution in [3.8, 4) is 6.07 Å². The van der Waals surface area contributed by atoms with Gasteiger partial charge in [0.2, 0.25) is 0 Å². The largest absolute Gasteiger partial charge is 0.363 e. The first-order valence-electron chi connectivity index (χ1n) is 5.59. The van der Waals surface area contributed by atoms with Crippen molar-refractivity contribution >= 4 is 5.82 Å². The lowest BCUT2D eigenvalue weighted by atomic mass is 10.1. The van der Waals surface area contributed by atoms with Gasteiger partial charge in [0.1, 0.15) is 6.07 Å². The van der Waals surface area contributed by atoms with Crippen LogP contribution in [0, 0.1) is 11.3 Å². The Hall–Kier alpha value is -1.67. The third kappa shape index (κ3) is 2.67. The molecular weight excluding hydrogens is 202 g/mol. The fourth-order valence-electron chi connectivity index (χ4n) is 1.86. The lowest BCUT2D eigenvalue weighted by Gasteiger charge is -2.16. The van der Waals surface area contributed by atoms with Gasteiger partial charge in [-0.15, -0.1) is 5.10 Å². The van der Waals surface area contributed by atoms with Crippen LogP contribution in [0.5, 0.6) is 0 Å². The summed E-state index contributed by atoms with van der Waals surface area (Å²) < 4.78 is 0. The summed E-state index contributed by atoms with van der Waals surface area (Å²) in [7, 11) is 0. The number of aromatic nitrogens is 2. The molecule has 0 bridgehead atoms. The van der Waals surface area contributed by atoms with Crippen molar-refractivity contribution in [1.82, 2.24) is 15.5 Å². The van der Waals surface area contributed by atoms with Crippen LogP contribution in [0.25, 0.3) is 0 Å². The van der Waals surface area contributed by atoms with E-state index in [0.29, 0.717) is 17.4 Å². The predicted molar refractivity (Wildman–Crippen MR) is 60.9 cm³/mol. The summed E-state index contributed by atoms with van der Waals surface area (Å²) in [5, 5.41) is 23.3. The van der Waals surface area contributed by atoms with Crippen LogP contribution in [0.15, 0.2) is 12.3 Å². The van der Waals surface area contributed by atoms with Crippen molar-refractivity contribution in [2.45, 2.75) is 25.3 Å². The zero-order valence-electron chi connectivity index (χ0n) is 9.11. The Kier molecular flexibility index (Phi) is 3.67. The lowest BCUT2D eigenvalue weighted by Crippen LogP contribution is -2.31. The maximum atomic E-state index is 8.93. The molecule has 1 aromatic rings. The molecule has 0 saturated carbocycles. The SMILES string of the molecule is N#Cc1ccnnc1NC1CCCCNC1. The quantitative estimate of drug-likeness (QED) is 0.770. The Morgan fingerprint density at radius 2 is 2.44 bits per heavy atom. The first-order chi connectivity index (χ1) is 7.90. The molecule has 1 aliphatic heterocycles. The molecule has 0 radical (unpaired) electrons. The molecule has 5 heteroatoms. The molecule has 84 valence electrons. The molecule has 16 heavy (non-hydrogen) atoms. The molecule has 0 aromatic carbocycles. The summed E-state index contributed by atoms with van der Waals surface area (Å²) in [4.78, 5) is 0. The van der Waals surface area contributed by atoms with Gasteiger partial charge in [0.25, 0.3) is 0 Å². The minimum atomic E-state index is 0.339. The molecule has 1 aliphatic rings. The standard InChI is InChI=1S/C11H15N5/c12-7-9-4-6-14-16-11(9)15-10-3-1-2-5-13-8-10/h4,6,10,13H,1-3,5,8H2,(H,15,16). The number of nitriles is 1. The summed E-state index contributed by atoms with van der Waals surface area (Å²) in [5.41, 5.74) is 0.555. The van der Waals surface area contributed by atoms with Gasteiger partial charge in [-0.3, -0.25) is 0 Å². The van der Waals surface area contributed by atoms with E-state index in [2.05, 4.69) is 26.9 Å². The first-order valence-corrected chi connectivity index (χ1v) is 5.59. The van der Waals surface area contributed by atoms with Gasteiger partial charge in [-0.2, -0.15) is 10.4 Å². The van der Waals surface area contributed by atoms with Crippen LogP contribution >= 0.6 is 0 Å². The molecule has 2 rings (SSSR count). The van der Waals surface area contributed by atoms with Crippen LogP contribution in [0.1, 0.15) is 24.8 Å². The molecule has 2 N–H and O–H groups in total. The van der Waals surface area contributed by atoms with E-state index in [4.69, 9.17) is 5.26 Å². The Labute approximate surface area is 94.9 Å². The van der Waals surface area contributed by atoms with Crippen LogP contribution in [0.3, 0.4) is 0 Å². The summed E-state index contributed by atoms with van der Waals surface area (Å²) in [6.45, 7) is 1.99. The Bertz CT molecular complexity index is 376. The van der Waals surface area contributed by atoms with Crippen molar-refractivity contribution in [3.63, 3.8) is 0 Å². The van der Waals surface area contributed by atoms with E-state index in [0.717, 1.165) is 19.5 Å². The Morgan fingerprint density at radius 1 is 1.50 bits per heavy atom. The molecule has 1 unspecified atom stereocenters. The molecule has 1 saturated heterocycles. The van der Waals surface area contributed by atoms with Crippen LogP contribution in [0.4, 0.5) is 5.82 Å². The summed E-state index contributed by atoms with van der Waals surface area (Å²) in [6, 6.07) is 4.13. The van der Waals surface area contributed by atoms with Crippen molar-refractivity contribution in [3.05, 3.63) is 17.8 Å². The highest BCUT2D eigenvalue weighted by atomic mass is 15.2. The molecule has 1 atom stereocenters. The van der Waals surface area contributed by atoms with Gasteiger partial charge in [-0.25, -0.2) is 0 Å². The molecule has 1 fully saturated rings. The average molecular weight is 217 g/mol. The number of anilines is 1. The van der Waals surface area contributed by atoms with Crippen molar-refractivity contribution in [2.24, 2.45) is 0 Å². The van der Waals surface area contributed by atoms with Crippen molar-refractivity contribution in [2.75, 3.05) is 18.4 Å². The van der Waals surface area contributed by atoms with E-state index in [1.54, 1.807) is 6.07 Å². The summed E-state index contributed by atoms with van der Waals surface area (Å²) in [6.07, 6.45) is 5.06. The smallest absolute Gasteiger partial charge is 0.166 e. The minimum absolute atomic E-state index is 0.339. The summed E-state index contributed by atoms with van der Waals surface area (Å²) in [5.74, 6) is 0.596. The van der Waals surface area contributed by atoms with E-state index in [-0.39, 0.29) is 0 Å². The summed E-state index contributed by atoms with van der Waals surface area (Å²) >= 11 is 0. The van der Waals surface area contributed by atoms with E-state index in [9.17, 15) is 0 Å². The monoisotopic (exact) mass is 217 g/mol. The highest BCUT2D eigenvalue weighted by Crippen LogP contribution is 2.13. The third-order valence-electron chi connectivity index (χ3n) is 2.73. The topological polar surface area (TPSA) is 73.6 Å².